The Balaban J connectivity index is 1.62. The van der Waals surface area contributed by atoms with E-state index in [2.05, 4.69) is 23.5 Å². The molecule has 6 heteroatoms. The average molecular weight is 568 g/mol. The van der Waals surface area contributed by atoms with E-state index in [-0.39, 0.29) is 17.6 Å². The van der Waals surface area contributed by atoms with Gasteiger partial charge in [0.15, 0.2) is 5.78 Å². The molecular formula is C36H45N3O3. The number of allylic oxidation sites excluding steroid dienone is 1. The van der Waals surface area contributed by atoms with Gasteiger partial charge in [-0.2, -0.15) is 0 Å². The highest BCUT2D eigenvalue weighted by molar-refractivity contribution is 5.96. The molecule has 1 aliphatic rings. The highest BCUT2D eigenvalue weighted by Crippen LogP contribution is 2.28. The monoisotopic (exact) mass is 567 g/mol. The normalized spacial score (nSPS) is 15.7. The van der Waals surface area contributed by atoms with E-state index in [0.29, 0.717) is 31.7 Å². The van der Waals surface area contributed by atoms with Crippen LogP contribution in [0.4, 0.5) is 0 Å². The second kappa shape index (κ2) is 13.9. The minimum absolute atomic E-state index is 0.121. The third kappa shape index (κ3) is 8.86. The van der Waals surface area contributed by atoms with E-state index in [1.54, 1.807) is 24.1 Å². The van der Waals surface area contributed by atoms with Crippen molar-refractivity contribution in [1.82, 2.24) is 10.2 Å². The van der Waals surface area contributed by atoms with Gasteiger partial charge in [0, 0.05) is 31.5 Å². The number of nitrogens with zero attached hydrogens (tertiary/aromatic N) is 1. The predicted octanol–water partition coefficient (Wildman–Crippen LogP) is 5.48. The van der Waals surface area contributed by atoms with Gasteiger partial charge in [-0.3, -0.25) is 14.4 Å². The van der Waals surface area contributed by atoms with E-state index in [1.807, 2.05) is 75.4 Å². The largest absolute Gasteiger partial charge is 0.354 e. The molecule has 3 N–H and O–H groups in total. The molecule has 3 aromatic rings. The SMILES string of the molecule is CC(C(=O)C=CCC(C)(C)N)[C@H](Cc1ccc2ccccc2c1)C(=O)N(C)[C@H](Cc1ccccc1)C(=O)NCC1CC1. The third-order valence-electron chi connectivity index (χ3n) is 8.22. The molecule has 0 heterocycles. The summed E-state index contributed by atoms with van der Waals surface area (Å²) in [6.45, 7) is 6.27. The molecular weight excluding hydrogens is 522 g/mol. The Labute approximate surface area is 250 Å². The van der Waals surface area contributed by atoms with E-state index >= 15 is 0 Å². The summed E-state index contributed by atoms with van der Waals surface area (Å²) < 4.78 is 0. The summed E-state index contributed by atoms with van der Waals surface area (Å²) in [5.74, 6) is -1.20. The minimum atomic E-state index is -0.686. The van der Waals surface area contributed by atoms with Crippen LogP contribution in [0.2, 0.25) is 0 Å². The molecule has 0 saturated heterocycles. The molecule has 3 aromatic carbocycles. The lowest BCUT2D eigenvalue weighted by molar-refractivity contribution is -0.144. The van der Waals surface area contributed by atoms with Gasteiger partial charge in [0.25, 0.3) is 0 Å². The number of nitrogens with two attached hydrogens (primary N) is 1. The Bertz CT molecular complexity index is 1410. The topological polar surface area (TPSA) is 92.5 Å². The molecule has 4 rings (SSSR count). The Hall–Kier alpha value is -3.77. The maximum Gasteiger partial charge on any atom is 0.243 e. The van der Waals surface area contributed by atoms with Crippen LogP contribution in [0.15, 0.2) is 84.9 Å². The van der Waals surface area contributed by atoms with Gasteiger partial charge in [0.2, 0.25) is 11.8 Å². The minimum Gasteiger partial charge on any atom is -0.354 e. The predicted molar refractivity (Wildman–Crippen MR) is 170 cm³/mol. The maximum atomic E-state index is 14.3. The van der Waals surface area contributed by atoms with Crippen molar-refractivity contribution in [3.05, 3.63) is 96.1 Å². The van der Waals surface area contributed by atoms with Crippen molar-refractivity contribution in [2.75, 3.05) is 13.6 Å². The van der Waals surface area contributed by atoms with Crippen molar-refractivity contribution < 1.29 is 14.4 Å². The van der Waals surface area contributed by atoms with Crippen LogP contribution in [0.5, 0.6) is 0 Å². The standard InChI is InChI=1S/C36H45N3O3/c1-25(33(40)15-10-20-36(2,3)37)31(22-28-18-19-29-13-8-9-14-30(29)21-28)35(42)39(4)32(23-26-11-6-5-7-12-26)34(41)38-24-27-16-17-27/h5-15,18-19,21,25,27,31-32H,16-17,20,22-24,37H2,1-4H3,(H,38,41)/t25?,31-,32+/m0/s1. The van der Waals surface area contributed by atoms with Crippen molar-refractivity contribution in [2.45, 2.75) is 64.5 Å². The molecule has 0 aromatic heterocycles. The zero-order valence-corrected chi connectivity index (χ0v) is 25.4. The number of benzene rings is 3. The molecule has 1 aliphatic carbocycles. The second-order valence-electron chi connectivity index (χ2n) is 12.6. The number of ketones is 1. The second-order valence-corrected chi connectivity index (χ2v) is 12.6. The van der Waals surface area contributed by atoms with Crippen molar-refractivity contribution >= 4 is 28.4 Å². The van der Waals surface area contributed by atoms with Crippen LogP contribution < -0.4 is 11.1 Å². The van der Waals surface area contributed by atoms with Crippen molar-refractivity contribution in [2.24, 2.45) is 23.5 Å². The van der Waals surface area contributed by atoms with Crippen molar-refractivity contribution in [1.29, 1.82) is 0 Å². The van der Waals surface area contributed by atoms with Crippen LogP contribution >= 0.6 is 0 Å². The number of amides is 2. The summed E-state index contributed by atoms with van der Waals surface area (Å²) in [5, 5.41) is 5.28. The Morgan fingerprint density at radius 3 is 2.29 bits per heavy atom. The number of likely N-dealkylation sites (N-methyl/N-ethyl adjacent to an activating group) is 1. The van der Waals surface area contributed by atoms with Gasteiger partial charge in [-0.25, -0.2) is 0 Å². The molecule has 0 spiro atoms. The highest BCUT2D eigenvalue weighted by atomic mass is 16.2. The fraction of sp³-hybridized carbons (Fsp3) is 0.417. The summed E-state index contributed by atoms with van der Waals surface area (Å²) in [6, 6.07) is 23.3. The van der Waals surface area contributed by atoms with E-state index in [0.717, 1.165) is 34.7 Å². The summed E-state index contributed by atoms with van der Waals surface area (Å²) in [4.78, 5) is 42.8. The first kappa shape index (κ1) is 31.2. The Morgan fingerprint density at radius 1 is 0.952 bits per heavy atom. The molecule has 1 saturated carbocycles. The van der Waals surface area contributed by atoms with Gasteiger partial charge in [0.1, 0.15) is 6.04 Å². The average Bonchev–Trinajstić information content (AvgIpc) is 3.81. The van der Waals surface area contributed by atoms with E-state index < -0.39 is 23.4 Å². The van der Waals surface area contributed by atoms with Gasteiger partial charge in [0.05, 0.1) is 5.92 Å². The van der Waals surface area contributed by atoms with Crippen LogP contribution in [0.1, 0.15) is 51.2 Å². The molecule has 6 nitrogen and oxygen atoms in total. The first-order valence-electron chi connectivity index (χ1n) is 15.1. The van der Waals surface area contributed by atoms with Gasteiger partial charge >= 0.3 is 0 Å². The number of carbonyl (C=O) groups excluding carboxylic acids is 3. The number of nitrogens with one attached hydrogen (secondary N) is 1. The first-order chi connectivity index (χ1) is 20.0. The summed E-state index contributed by atoms with van der Waals surface area (Å²) in [7, 11) is 1.70. The zero-order chi connectivity index (χ0) is 30.3. The molecule has 0 radical (unpaired) electrons. The molecule has 42 heavy (non-hydrogen) atoms. The van der Waals surface area contributed by atoms with E-state index in [9.17, 15) is 14.4 Å². The molecule has 0 bridgehead atoms. The molecule has 3 atom stereocenters. The molecule has 0 aliphatic heterocycles. The third-order valence-corrected chi connectivity index (χ3v) is 8.22. The van der Waals surface area contributed by atoms with Crippen molar-refractivity contribution in [3.63, 3.8) is 0 Å². The lowest BCUT2D eigenvalue weighted by Crippen LogP contribution is -2.52. The van der Waals surface area contributed by atoms with Crippen LogP contribution in [-0.4, -0.2) is 47.7 Å². The number of fused-ring (bicyclic) bond motifs is 1. The maximum absolute atomic E-state index is 14.3. The van der Waals surface area contributed by atoms with Gasteiger partial charge in [-0.15, -0.1) is 0 Å². The first-order valence-corrected chi connectivity index (χ1v) is 15.1. The number of hydrogen-bond donors (Lipinski definition) is 2. The van der Waals surface area contributed by atoms with Crippen molar-refractivity contribution in [3.8, 4) is 0 Å². The Morgan fingerprint density at radius 2 is 1.62 bits per heavy atom. The summed E-state index contributed by atoms with van der Waals surface area (Å²) in [5.41, 5.74) is 7.63. The molecule has 222 valence electrons. The lowest BCUT2D eigenvalue weighted by atomic mass is 9.83. The van der Waals surface area contributed by atoms with Crippen LogP contribution in [-0.2, 0) is 27.2 Å². The number of carbonyl (C=O) groups is 3. The van der Waals surface area contributed by atoms with E-state index in [4.69, 9.17) is 5.73 Å². The summed E-state index contributed by atoms with van der Waals surface area (Å²) >= 11 is 0. The number of rotatable bonds is 14. The van der Waals surface area contributed by atoms with Gasteiger partial charge in [-0.1, -0.05) is 85.8 Å². The zero-order valence-electron chi connectivity index (χ0n) is 25.4. The fourth-order valence-corrected chi connectivity index (χ4v) is 5.27. The summed E-state index contributed by atoms with van der Waals surface area (Å²) in [6.07, 6.45) is 6.94. The van der Waals surface area contributed by atoms with Crippen LogP contribution in [0.3, 0.4) is 0 Å². The quantitative estimate of drug-likeness (QED) is 0.252. The van der Waals surface area contributed by atoms with Crippen LogP contribution in [0.25, 0.3) is 10.8 Å². The van der Waals surface area contributed by atoms with Gasteiger partial charge < -0.3 is 16.0 Å². The molecule has 2 amide bonds. The molecule has 1 unspecified atom stereocenters. The lowest BCUT2D eigenvalue weighted by Gasteiger charge is -2.32. The smallest absolute Gasteiger partial charge is 0.243 e. The highest BCUT2D eigenvalue weighted by Gasteiger charge is 2.36. The fourth-order valence-electron chi connectivity index (χ4n) is 5.27. The number of hydrogen-bond acceptors (Lipinski definition) is 4. The van der Waals surface area contributed by atoms with E-state index in [1.165, 1.54) is 0 Å². The van der Waals surface area contributed by atoms with Crippen LogP contribution in [0, 0.1) is 17.8 Å². The molecule has 1 fully saturated rings. The Kier molecular flexibility index (Phi) is 10.3. The van der Waals surface area contributed by atoms with Gasteiger partial charge in [-0.05, 0) is 73.4 Å².